The fraction of sp³-hybridized carbons (Fsp3) is 0.321. The van der Waals surface area contributed by atoms with Gasteiger partial charge in [-0.1, -0.05) is 91.0 Å². The van der Waals surface area contributed by atoms with E-state index >= 15 is 0 Å². The molecule has 3 aromatic carbocycles. The second-order valence-corrected chi connectivity index (χ2v) is 10.4. The highest BCUT2D eigenvalue weighted by atomic mass is 31.2. The summed E-state index contributed by atoms with van der Waals surface area (Å²) in [6, 6.07) is 28.7. The summed E-state index contributed by atoms with van der Waals surface area (Å²) in [5.74, 6) is 0. The second-order valence-electron chi connectivity index (χ2n) is 8.63. The van der Waals surface area contributed by atoms with Gasteiger partial charge in [-0.05, 0) is 23.1 Å². The van der Waals surface area contributed by atoms with Gasteiger partial charge in [0.05, 0.1) is 32.1 Å². The van der Waals surface area contributed by atoms with Crippen LogP contribution in [0.1, 0.15) is 23.1 Å². The highest BCUT2D eigenvalue weighted by Gasteiger charge is 2.34. The Morgan fingerprint density at radius 3 is 1.57 bits per heavy atom. The number of ether oxygens (including phenoxy) is 3. The average molecular weight is 528 g/mol. The molecule has 0 spiro atoms. The molecule has 37 heavy (non-hydrogen) atoms. The molecule has 3 N–H and O–H groups in total. The molecule has 3 aromatic rings. The summed E-state index contributed by atoms with van der Waals surface area (Å²) in [5.41, 5.74) is 2.78. The van der Waals surface area contributed by atoms with Gasteiger partial charge in [0.2, 0.25) is 6.41 Å². The minimum atomic E-state index is -4.29. The van der Waals surface area contributed by atoms with Gasteiger partial charge in [0.25, 0.3) is 0 Å². The number of nitrogens with one attached hydrogen (secondary N) is 1. The molecule has 0 aliphatic rings. The normalized spacial score (nSPS) is 14.0. The molecule has 9 heteroatoms. The molecule has 0 heterocycles. The fourth-order valence-electron chi connectivity index (χ4n) is 3.85. The summed E-state index contributed by atoms with van der Waals surface area (Å²) in [4.78, 5) is 30.4. The van der Waals surface area contributed by atoms with Crippen LogP contribution in [0.15, 0.2) is 91.0 Å². The van der Waals surface area contributed by atoms with Crippen LogP contribution in [0.2, 0.25) is 0 Å². The molecular weight excluding hydrogens is 493 g/mol. The number of carbonyl (C=O) groups excluding carboxylic acids is 1. The summed E-state index contributed by atoms with van der Waals surface area (Å²) in [5, 5.41) is 2.67. The lowest BCUT2D eigenvalue weighted by molar-refractivity contribution is -0.151. The van der Waals surface area contributed by atoms with Crippen LogP contribution in [-0.2, 0) is 43.4 Å². The molecule has 0 aliphatic carbocycles. The van der Waals surface area contributed by atoms with E-state index in [9.17, 15) is 19.1 Å². The van der Waals surface area contributed by atoms with Gasteiger partial charge in [-0.2, -0.15) is 0 Å². The molecule has 0 bridgehead atoms. The van der Waals surface area contributed by atoms with Crippen molar-refractivity contribution in [2.24, 2.45) is 0 Å². The Labute approximate surface area is 217 Å². The van der Waals surface area contributed by atoms with Crippen LogP contribution in [0.5, 0.6) is 0 Å². The van der Waals surface area contributed by atoms with Crippen LogP contribution in [0, 0.1) is 0 Å². The molecular formula is C28H34NO7P. The van der Waals surface area contributed by atoms with E-state index in [1.165, 1.54) is 0 Å². The zero-order valence-corrected chi connectivity index (χ0v) is 21.5. The average Bonchev–Trinajstić information content (AvgIpc) is 2.91. The largest absolute Gasteiger partial charge is 0.371 e. The van der Waals surface area contributed by atoms with E-state index in [-0.39, 0.29) is 38.9 Å². The van der Waals surface area contributed by atoms with Gasteiger partial charge < -0.3 is 29.3 Å². The smallest absolute Gasteiger partial charge is 0.325 e. The van der Waals surface area contributed by atoms with Crippen molar-refractivity contribution in [3.8, 4) is 0 Å². The highest BCUT2D eigenvalue weighted by Crippen LogP contribution is 2.36. The standard InChI is InChI=1S/C28H34NO7P/c30-22-29-18-27(35-20-24-12-6-2-7-13-24)28(36-21-25-14-8-3-9-15-25)26(16-17-37(31,32)33)34-19-23-10-4-1-5-11-23/h1-15,22,26-28H,16-21H2,(H,29,30)(H2,31,32,33)/t26-,27-,28-/m1/s1. The number of amides is 1. The maximum atomic E-state index is 11.8. The van der Waals surface area contributed by atoms with Crippen molar-refractivity contribution in [1.29, 1.82) is 0 Å². The van der Waals surface area contributed by atoms with E-state index in [1.807, 2.05) is 91.0 Å². The van der Waals surface area contributed by atoms with Crippen LogP contribution >= 0.6 is 7.60 Å². The molecule has 0 saturated heterocycles. The Hall–Kier alpha value is -2.84. The van der Waals surface area contributed by atoms with Crippen molar-refractivity contribution >= 4 is 14.0 Å². The summed E-state index contributed by atoms with van der Waals surface area (Å²) in [6.45, 7) is 0.862. The van der Waals surface area contributed by atoms with Gasteiger partial charge in [0.1, 0.15) is 12.2 Å². The number of carbonyl (C=O) groups is 1. The van der Waals surface area contributed by atoms with Crippen LogP contribution in [0.3, 0.4) is 0 Å². The molecule has 0 aromatic heterocycles. The highest BCUT2D eigenvalue weighted by molar-refractivity contribution is 7.51. The Balaban J connectivity index is 1.86. The van der Waals surface area contributed by atoms with Crippen molar-refractivity contribution < 1.29 is 33.4 Å². The van der Waals surface area contributed by atoms with Crippen molar-refractivity contribution in [2.75, 3.05) is 12.7 Å². The third-order valence-corrected chi connectivity index (χ3v) is 6.58. The van der Waals surface area contributed by atoms with Gasteiger partial charge in [-0.3, -0.25) is 9.36 Å². The zero-order chi connectivity index (χ0) is 26.3. The molecule has 0 aliphatic heterocycles. The number of rotatable bonds is 17. The molecule has 8 nitrogen and oxygen atoms in total. The van der Waals surface area contributed by atoms with Crippen LogP contribution in [-0.4, -0.2) is 47.2 Å². The predicted octanol–water partition coefficient (Wildman–Crippen LogP) is 4.06. The minimum Gasteiger partial charge on any atom is -0.371 e. The maximum Gasteiger partial charge on any atom is 0.325 e. The third kappa shape index (κ3) is 11.0. The first kappa shape index (κ1) is 28.7. The van der Waals surface area contributed by atoms with Crippen molar-refractivity contribution in [1.82, 2.24) is 5.32 Å². The summed E-state index contributed by atoms with van der Waals surface area (Å²) < 4.78 is 30.6. The van der Waals surface area contributed by atoms with Crippen molar-refractivity contribution in [3.63, 3.8) is 0 Å². The van der Waals surface area contributed by atoms with Gasteiger partial charge >= 0.3 is 7.60 Å². The fourth-order valence-corrected chi connectivity index (χ4v) is 4.44. The summed E-state index contributed by atoms with van der Waals surface area (Å²) in [7, 11) is -4.29. The first-order chi connectivity index (χ1) is 17.9. The van der Waals surface area contributed by atoms with Gasteiger partial charge in [-0.15, -0.1) is 0 Å². The Bertz CT molecular complexity index is 1080. The summed E-state index contributed by atoms with van der Waals surface area (Å²) >= 11 is 0. The van der Waals surface area contributed by atoms with Gasteiger partial charge in [0, 0.05) is 6.54 Å². The van der Waals surface area contributed by atoms with E-state index in [0.29, 0.717) is 6.41 Å². The first-order valence-electron chi connectivity index (χ1n) is 12.1. The van der Waals surface area contributed by atoms with Gasteiger partial charge in [-0.25, -0.2) is 0 Å². The lowest BCUT2D eigenvalue weighted by Gasteiger charge is -2.34. The third-order valence-electron chi connectivity index (χ3n) is 5.74. The van der Waals surface area contributed by atoms with E-state index in [4.69, 9.17) is 14.2 Å². The molecule has 198 valence electrons. The Kier molecular flexibility index (Phi) is 12.0. The predicted molar refractivity (Wildman–Crippen MR) is 141 cm³/mol. The van der Waals surface area contributed by atoms with Crippen LogP contribution in [0.4, 0.5) is 0 Å². The van der Waals surface area contributed by atoms with Crippen LogP contribution in [0.25, 0.3) is 0 Å². The molecule has 0 radical (unpaired) electrons. The maximum absolute atomic E-state index is 11.8. The van der Waals surface area contributed by atoms with E-state index in [2.05, 4.69) is 5.32 Å². The number of benzene rings is 3. The quantitative estimate of drug-likeness (QED) is 0.179. The second kappa shape index (κ2) is 15.4. The minimum absolute atomic E-state index is 0.0445. The zero-order valence-electron chi connectivity index (χ0n) is 20.6. The van der Waals surface area contributed by atoms with E-state index in [0.717, 1.165) is 16.7 Å². The molecule has 1 amide bonds. The molecule has 3 atom stereocenters. The van der Waals surface area contributed by atoms with Crippen molar-refractivity contribution in [3.05, 3.63) is 108 Å². The first-order valence-corrected chi connectivity index (χ1v) is 13.9. The van der Waals surface area contributed by atoms with E-state index in [1.54, 1.807) is 0 Å². The van der Waals surface area contributed by atoms with Gasteiger partial charge in [0.15, 0.2) is 0 Å². The lowest BCUT2D eigenvalue weighted by Crippen LogP contribution is -2.47. The number of hydrogen-bond acceptors (Lipinski definition) is 5. The van der Waals surface area contributed by atoms with Crippen molar-refractivity contribution in [2.45, 2.75) is 44.6 Å². The topological polar surface area (TPSA) is 114 Å². The van der Waals surface area contributed by atoms with E-state index < -0.39 is 25.9 Å². The molecule has 0 fully saturated rings. The molecule has 0 saturated carbocycles. The molecule has 3 rings (SSSR count). The number of hydrogen-bond donors (Lipinski definition) is 3. The van der Waals surface area contributed by atoms with Crippen LogP contribution < -0.4 is 5.32 Å². The Morgan fingerprint density at radius 1 is 0.703 bits per heavy atom. The lowest BCUT2D eigenvalue weighted by atomic mass is 10.0. The summed E-state index contributed by atoms with van der Waals surface area (Å²) in [6.07, 6.45) is -1.83. The molecule has 0 unspecified atom stereocenters. The SMILES string of the molecule is O=CNC[C@@H](OCc1ccccc1)[C@H](OCc1ccccc1)[C@@H](CCP(=O)(O)O)OCc1ccccc1. The monoisotopic (exact) mass is 527 g/mol. The Morgan fingerprint density at radius 2 is 1.14 bits per heavy atom.